The van der Waals surface area contributed by atoms with Gasteiger partial charge in [-0.2, -0.15) is 5.26 Å². The number of hydrogen-bond donors (Lipinski definition) is 1. The maximum Gasteiger partial charge on any atom is 0.155 e. The topological polar surface area (TPSA) is 35.8 Å². The van der Waals surface area contributed by atoms with Gasteiger partial charge in [-0.25, -0.2) is 0 Å². The highest BCUT2D eigenvalue weighted by atomic mass is 32.2. The van der Waals surface area contributed by atoms with Crippen molar-refractivity contribution >= 4 is 17.6 Å². The third-order valence-corrected chi connectivity index (χ3v) is 1.66. The second-order valence-corrected chi connectivity index (χ2v) is 2.76. The van der Waals surface area contributed by atoms with Crippen molar-refractivity contribution in [2.45, 2.75) is 6.92 Å². The molecule has 1 N–H and O–H groups in total. The minimum atomic E-state index is 0.969. The van der Waals surface area contributed by atoms with Crippen LogP contribution in [0.3, 0.4) is 0 Å². The number of benzene rings is 1. The first-order valence-corrected chi connectivity index (χ1v) is 4.02. The Bertz CT molecular complexity index is 278. The lowest BCUT2D eigenvalue weighted by atomic mass is 10.2. The molecule has 0 bridgehead atoms. The molecule has 0 spiro atoms. The van der Waals surface area contributed by atoms with Crippen molar-refractivity contribution in [1.82, 2.24) is 0 Å². The zero-order valence-corrected chi connectivity index (χ0v) is 6.98. The highest BCUT2D eigenvalue weighted by molar-refractivity contribution is 8.04. The zero-order chi connectivity index (χ0) is 8.10. The van der Waals surface area contributed by atoms with E-state index in [0.29, 0.717) is 0 Å². The van der Waals surface area contributed by atoms with Crippen LogP contribution in [0.4, 0.5) is 5.69 Å². The van der Waals surface area contributed by atoms with Crippen LogP contribution >= 0.6 is 11.9 Å². The van der Waals surface area contributed by atoms with E-state index in [9.17, 15) is 0 Å². The average molecular weight is 164 g/mol. The number of nitrogens with zero attached hydrogens (tertiary/aromatic N) is 1. The van der Waals surface area contributed by atoms with Crippen LogP contribution in [-0.4, -0.2) is 0 Å². The fourth-order valence-corrected chi connectivity index (χ4v) is 1.08. The molecule has 0 aliphatic rings. The number of hydrogen-bond acceptors (Lipinski definition) is 3. The predicted molar refractivity (Wildman–Crippen MR) is 48.0 cm³/mol. The molecule has 0 radical (unpaired) electrons. The van der Waals surface area contributed by atoms with Crippen molar-refractivity contribution in [3.63, 3.8) is 0 Å². The van der Waals surface area contributed by atoms with Crippen LogP contribution in [0.5, 0.6) is 0 Å². The number of nitrogens with one attached hydrogen (secondary N) is 1. The Labute approximate surface area is 70.4 Å². The van der Waals surface area contributed by atoms with Gasteiger partial charge in [0.25, 0.3) is 0 Å². The molecule has 0 saturated heterocycles. The second kappa shape index (κ2) is 3.89. The molecule has 0 aromatic heterocycles. The maximum absolute atomic E-state index is 8.25. The van der Waals surface area contributed by atoms with E-state index in [4.69, 9.17) is 5.26 Å². The van der Waals surface area contributed by atoms with Gasteiger partial charge < -0.3 is 4.72 Å². The summed E-state index contributed by atoms with van der Waals surface area (Å²) in [6.07, 6.45) is 0. The molecule has 3 heteroatoms. The van der Waals surface area contributed by atoms with E-state index in [1.807, 2.05) is 36.6 Å². The molecular formula is C8H8N2S. The Balaban J connectivity index is 2.65. The first-order valence-electron chi connectivity index (χ1n) is 3.20. The number of rotatable bonds is 2. The van der Waals surface area contributed by atoms with Gasteiger partial charge in [0.05, 0.1) is 11.9 Å². The van der Waals surface area contributed by atoms with Gasteiger partial charge in [0.1, 0.15) is 0 Å². The van der Waals surface area contributed by atoms with E-state index >= 15 is 0 Å². The van der Waals surface area contributed by atoms with Gasteiger partial charge in [-0.05, 0) is 24.6 Å². The van der Waals surface area contributed by atoms with Gasteiger partial charge in [0.15, 0.2) is 5.40 Å². The van der Waals surface area contributed by atoms with E-state index in [2.05, 4.69) is 4.72 Å². The Morgan fingerprint density at radius 1 is 1.55 bits per heavy atom. The summed E-state index contributed by atoms with van der Waals surface area (Å²) in [6.45, 7) is 2.02. The SMILES string of the molecule is Cc1cccc(NSC#N)c1. The van der Waals surface area contributed by atoms with Crippen molar-refractivity contribution in [3.8, 4) is 5.40 Å². The molecule has 0 aliphatic heterocycles. The molecule has 0 amide bonds. The van der Waals surface area contributed by atoms with Crippen LogP contribution in [-0.2, 0) is 0 Å². The molecule has 11 heavy (non-hydrogen) atoms. The summed E-state index contributed by atoms with van der Waals surface area (Å²) in [5.74, 6) is 0. The predicted octanol–water partition coefficient (Wildman–Crippen LogP) is 2.54. The van der Waals surface area contributed by atoms with Crippen LogP contribution in [0, 0.1) is 17.6 Å². The Kier molecular flexibility index (Phi) is 2.82. The van der Waals surface area contributed by atoms with Crippen LogP contribution in [0.1, 0.15) is 5.56 Å². The molecule has 56 valence electrons. The monoisotopic (exact) mass is 164 g/mol. The fourth-order valence-electron chi connectivity index (χ4n) is 0.790. The Morgan fingerprint density at radius 2 is 2.36 bits per heavy atom. The van der Waals surface area contributed by atoms with E-state index in [1.54, 1.807) is 0 Å². The lowest BCUT2D eigenvalue weighted by molar-refractivity contribution is 1.47. The smallest absolute Gasteiger partial charge is 0.155 e. The molecule has 0 fully saturated rings. The van der Waals surface area contributed by atoms with Crippen LogP contribution in [0.15, 0.2) is 24.3 Å². The number of aryl methyl sites for hydroxylation is 1. The minimum absolute atomic E-state index is 0.969. The average Bonchev–Trinajstić information content (AvgIpc) is 2.01. The standard InChI is InChI=1S/C8H8N2S/c1-7-3-2-4-8(5-7)10-11-6-9/h2-5,10H,1H3. The molecule has 0 aliphatic carbocycles. The lowest BCUT2D eigenvalue weighted by Crippen LogP contribution is -1.83. The molecule has 0 unspecified atom stereocenters. The molecule has 0 saturated carbocycles. The maximum atomic E-state index is 8.25. The number of anilines is 1. The zero-order valence-electron chi connectivity index (χ0n) is 6.16. The Hall–Kier alpha value is -1.14. The minimum Gasteiger partial charge on any atom is -0.317 e. The van der Waals surface area contributed by atoms with Crippen molar-refractivity contribution in [1.29, 1.82) is 5.26 Å². The van der Waals surface area contributed by atoms with Gasteiger partial charge in [-0.3, -0.25) is 0 Å². The second-order valence-electron chi connectivity index (χ2n) is 2.16. The van der Waals surface area contributed by atoms with Crippen LogP contribution < -0.4 is 4.72 Å². The molecule has 2 nitrogen and oxygen atoms in total. The third kappa shape index (κ3) is 2.52. The van der Waals surface area contributed by atoms with Crippen molar-refractivity contribution < 1.29 is 0 Å². The molecule has 0 heterocycles. The molecule has 1 rings (SSSR count). The third-order valence-electron chi connectivity index (χ3n) is 1.23. The van der Waals surface area contributed by atoms with Crippen LogP contribution in [0.2, 0.25) is 0 Å². The highest BCUT2D eigenvalue weighted by Gasteiger charge is 1.89. The van der Waals surface area contributed by atoms with Gasteiger partial charge in [-0.15, -0.1) is 0 Å². The van der Waals surface area contributed by atoms with E-state index < -0.39 is 0 Å². The summed E-state index contributed by atoms with van der Waals surface area (Å²) in [5, 5.41) is 10.2. The summed E-state index contributed by atoms with van der Waals surface area (Å²) in [5.41, 5.74) is 2.16. The van der Waals surface area contributed by atoms with E-state index in [1.165, 1.54) is 5.56 Å². The van der Waals surface area contributed by atoms with Crippen molar-refractivity contribution in [2.75, 3.05) is 4.72 Å². The molecule has 1 aromatic carbocycles. The van der Waals surface area contributed by atoms with Crippen molar-refractivity contribution in [3.05, 3.63) is 29.8 Å². The molecule has 0 atom stereocenters. The van der Waals surface area contributed by atoms with Gasteiger partial charge in [-0.1, -0.05) is 12.1 Å². The lowest BCUT2D eigenvalue weighted by Gasteiger charge is -1.99. The largest absolute Gasteiger partial charge is 0.317 e. The van der Waals surface area contributed by atoms with Gasteiger partial charge in [0, 0.05) is 5.69 Å². The Morgan fingerprint density at radius 3 is 3.00 bits per heavy atom. The summed E-state index contributed by atoms with van der Waals surface area (Å²) in [7, 11) is 0. The first kappa shape index (κ1) is 7.96. The van der Waals surface area contributed by atoms with Gasteiger partial charge in [0.2, 0.25) is 0 Å². The van der Waals surface area contributed by atoms with Crippen molar-refractivity contribution in [2.24, 2.45) is 0 Å². The van der Waals surface area contributed by atoms with Gasteiger partial charge >= 0.3 is 0 Å². The molecular weight excluding hydrogens is 156 g/mol. The number of nitriles is 1. The summed E-state index contributed by atoms with van der Waals surface area (Å²) in [4.78, 5) is 0. The van der Waals surface area contributed by atoms with E-state index in [-0.39, 0.29) is 0 Å². The first-order chi connectivity index (χ1) is 5.33. The summed E-state index contributed by atoms with van der Waals surface area (Å²) < 4.78 is 2.89. The fraction of sp³-hybridized carbons (Fsp3) is 0.125. The highest BCUT2D eigenvalue weighted by Crippen LogP contribution is 2.12. The van der Waals surface area contributed by atoms with E-state index in [0.717, 1.165) is 17.6 Å². The molecule has 1 aromatic rings. The normalized spacial score (nSPS) is 8.73. The quantitative estimate of drug-likeness (QED) is 0.539. The summed E-state index contributed by atoms with van der Waals surface area (Å²) >= 11 is 1.03. The van der Waals surface area contributed by atoms with Crippen LogP contribution in [0.25, 0.3) is 0 Å². The number of thiocyanates is 1. The summed E-state index contributed by atoms with van der Waals surface area (Å²) in [6, 6.07) is 7.89.